The number of ketones is 1. The van der Waals surface area contributed by atoms with E-state index in [9.17, 15) is 9.59 Å². The maximum absolute atomic E-state index is 12.8. The van der Waals surface area contributed by atoms with Crippen LogP contribution >= 0.6 is 11.6 Å². The van der Waals surface area contributed by atoms with Crippen molar-refractivity contribution in [3.63, 3.8) is 0 Å². The summed E-state index contributed by atoms with van der Waals surface area (Å²) in [6.07, 6.45) is 1.03. The van der Waals surface area contributed by atoms with Gasteiger partial charge < -0.3 is 23.9 Å². The molecule has 1 saturated heterocycles. The third-order valence-corrected chi connectivity index (χ3v) is 8.38. The summed E-state index contributed by atoms with van der Waals surface area (Å²) in [6.45, 7) is 4.95. The minimum atomic E-state index is -0.458. The number of benzene rings is 3. The summed E-state index contributed by atoms with van der Waals surface area (Å²) in [6, 6.07) is 28.9. The predicted molar refractivity (Wildman–Crippen MR) is 168 cm³/mol. The number of ether oxygens (including phenoxy) is 3. The van der Waals surface area contributed by atoms with E-state index >= 15 is 0 Å². The van der Waals surface area contributed by atoms with Crippen molar-refractivity contribution < 1.29 is 28.2 Å². The number of Topliss-reactive ketones (excluding diaryl/α,β-unsaturated/α-hetero) is 1. The van der Waals surface area contributed by atoms with Gasteiger partial charge in [-0.3, -0.25) is 9.59 Å². The van der Waals surface area contributed by atoms with Gasteiger partial charge in [-0.2, -0.15) is 0 Å². The molecule has 1 amide bonds. The first-order valence-corrected chi connectivity index (χ1v) is 15.4. The Morgan fingerprint density at radius 3 is 2.14 bits per heavy atom. The van der Waals surface area contributed by atoms with Gasteiger partial charge in [-0.15, -0.1) is 0 Å². The molecule has 3 aromatic carbocycles. The fourth-order valence-electron chi connectivity index (χ4n) is 5.62. The Kier molecular flexibility index (Phi) is 11.0. The fourth-order valence-corrected chi connectivity index (χ4v) is 5.80. The van der Waals surface area contributed by atoms with Crippen molar-refractivity contribution in [2.45, 2.75) is 64.3 Å². The second-order valence-corrected chi connectivity index (χ2v) is 11.5. The molecule has 5 atom stereocenters. The summed E-state index contributed by atoms with van der Waals surface area (Å²) >= 11 is 6.57. The molecule has 2 heterocycles. The van der Waals surface area contributed by atoms with E-state index in [2.05, 4.69) is 31.3 Å². The maximum Gasteiger partial charge on any atom is 0.224 e. The largest absolute Gasteiger partial charge is 0.461 e. The van der Waals surface area contributed by atoms with Crippen LogP contribution in [0.3, 0.4) is 0 Å². The highest BCUT2D eigenvalue weighted by molar-refractivity contribution is 6.31. The summed E-state index contributed by atoms with van der Waals surface area (Å²) in [5.74, 6) is -0.358. The third kappa shape index (κ3) is 8.04. The number of amides is 1. The van der Waals surface area contributed by atoms with Gasteiger partial charge in [0.2, 0.25) is 11.7 Å². The lowest BCUT2D eigenvalue weighted by atomic mass is 9.84. The molecule has 1 aliphatic rings. The molecule has 1 fully saturated rings. The second-order valence-electron chi connectivity index (χ2n) is 11.1. The minimum Gasteiger partial charge on any atom is -0.461 e. The standard InChI is InChI=1S/C36H38ClNO6/c1-3-31-24(2)34(42-22-25-11-6-4-7-12-25)36(43-23-26-13-8-5-9-14-26)35(44-31)27-16-17-29(37)28(19-27)20-33(40)38-21-30(39)32-15-10-18-41-32/h4-19,24,31,34-36H,3,20-23H2,1-2H3,(H,38,40)/t24-,31-,34+,35+,36-/m1/s1. The van der Waals surface area contributed by atoms with E-state index in [1.165, 1.54) is 6.26 Å². The van der Waals surface area contributed by atoms with Crippen LogP contribution in [0.15, 0.2) is 102 Å². The zero-order chi connectivity index (χ0) is 30.9. The van der Waals surface area contributed by atoms with Gasteiger partial charge in [-0.1, -0.05) is 98.2 Å². The topological polar surface area (TPSA) is 87.0 Å². The highest BCUT2D eigenvalue weighted by Gasteiger charge is 2.45. The monoisotopic (exact) mass is 615 g/mol. The van der Waals surface area contributed by atoms with Gasteiger partial charge in [0, 0.05) is 10.9 Å². The molecule has 1 aliphatic heterocycles. The molecule has 0 spiro atoms. The molecule has 0 aliphatic carbocycles. The first kappa shape index (κ1) is 31.7. The average Bonchev–Trinajstić information content (AvgIpc) is 3.60. The normalized spacial score (nSPS) is 21.6. The molecule has 0 saturated carbocycles. The van der Waals surface area contributed by atoms with Crippen LogP contribution in [0.1, 0.15) is 59.2 Å². The van der Waals surface area contributed by atoms with Crippen molar-refractivity contribution in [3.05, 3.63) is 130 Å². The molecular formula is C36H38ClNO6. The van der Waals surface area contributed by atoms with Crippen molar-refractivity contribution >= 4 is 23.3 Å². The SMILES string of the molecule is CC[C@H]1O[C@@H](c2ccc(Cl)c(CC(=O)NCC(=O)c3ccco3)c2)[C@H](OCc2ccccc2)[C@@H](OCc2ccccc2)[C@@H]1C. The summed E-state index contributed by atoms with van der Waals surface area (Å²) in [5.41, 5.74) is 3.62. The van der Waals surface area contributed by atoms with Gasteiger partial charge in [0.25, 0.3) is 0 Å². The lowest BCUT2D eigenvalue weighted by Crippen LogP contribution is -2.51. The molecular weight excluding hydrogens is 578 g/mol. The number of hydrogen-bond donors (Lipinski definition) is 1. The van der Waals surface area contributed by atoms with Gasteiger partial charge in [-0.05, 0) is 46.9 Å². The van der Waals surface area contributed by atoms with E-state index in [1.807, 2.05) is 60.7 Å². The van der Waals surface area contributed by atoms with Gasteiger partial charge >= 0.3 is 0 Å². The Morgan fingerprint density at radius 1 is 0.864 bits per heavy atom. The summed E-state index contributed by atoms with van der Waals surface area (Å²) in [7, 11) is 0. The van der Waals surface area contributed by atoms with E-state index in [0.29, 0.717) is 23.8 Å². The van der Waals surface area contributed by atoms with Crippen LogP contribution < -0.4 is 5.32 Å². The van der Waals surface area contributed by atoms with E-state index in [4.69, 9.17) is 30.2 Å². The lowest BCUT2D eigenvalue weighted by molar-refractivity contribution is -0.234. The molecule has 1 N–H and O–H groups in total. The van der Waals surface area contributed by atoms with E-state index in [1.54, 1.807) is 18.2 Å². The molecule has 8 heteroatoms. The highest BCUT2D eigenvalue weighted by Crippen LogP contribution is 2.41. The van der Waals surface area contributed by atoms with E-state index < -0.39 is 12.2 Å². The Morgan fingerprint density at radius 2 is 1.52 bits per heavy atom. The Balaban J connectivity index is 1.38. The smallest absolute Gasteiger partial charge is 0.224 e. The maximum atomic E-state index is 12.8. The second kappa shape index (κ2) is 15.3. The lowest BCUT2D eigenvalue weighted by Gasteiger charge is -2.46. The number of hydrogen-bond acceptors (Lipinski definition) is 6. The number of carbonyl (C=O) groups is 2. The summed E-state index contributed by atoms with van der Waals surface area (Å²) < 4.78 is 25.1. The predicted octanol–water partition coefficient (Wildman–Crippen LogP) is 7.13. The van der Waals surface area contributed by atoms with Crippen molar-refractivity contribution in [1.29, 1.82) is 0 Å². The number of carbonyl (C=O) groups excluding carboxylic acids is 2. The highest BCUT2D eigenvalue weighted by atomic mass is 35.5. The summed E-state index contributed by atoms with van der Waals surface area (Å²) in [5, 5.41) is 3.13. The van der Waals surface area contributed by atoms with Crippen LogP contribution in [-0.2, 0) is 38.6 Å². The zero-order valence-corrected chi connectivity index (χ0v) is 25.7. The molecule has 0 radical (unpaired) electrons. The molecule has 0 bridgehead atoms. The van der Waals surface area contributed by atoms with E-state index in [-0.39, 0.29) is 48.5 Å². The van der Waals surface area contributed by atoms with Gasteiger partial charge in [0.1, 0.15) is 12.2 Å². The molecule has 4 aromatic rings. The summed E-state index contributed by atoms with van der Waals surface area (Å²) in [4.78, 5) is 25.1. The number of rotatable bonds is 13. The number of nitrogens with one attached hydrogen (secondary N) is 1. The van der Waals surface area contributed by atoms with E-state index in [0.717, 1.165) is 23.1 Å². The third-order valence-electron chi connectivity index (χ3n) is 8.01. The molecule has 230 valence electrons. The molecule has 44 heavy (non-hydrogen) atoms. The van der Waals surface area contributed by atoms with Crippen molar-refractivity contribution in [1.82, 2.24) is 5.32 Å². The van der Waals surface area contributed by atoms with Crippen LogP contribution in [0.4, 0.5) is 0 Å². The molecule has 5 rings (SSSR count). The van der Waals surface area contributed by atoms with Crippen LogP contribution in [0.25, 0.3) is 0 Å². The first-order valence-electron chi connectivity index (χ1n) is 15.0. The fraction of sp³-hybridized carbons (Fsp3) is 0.333. The zero-order valence-electron chi connectivity index (χ0n) is 25.0. The van der Waals surface area contributed by atoms with Gasteiger partial charge in [0.15, 0.2) is 5.76 Å². The molecule has 1 aromatic heterocycles. The Bertz CT molecular complexity index is 1490. The van der Waals surface area contributed by atoms with Gasteiger partial charge in [-0.25, -0.2) is 0 Å². The minimum absolute atomic E-state index is 0.00190. The van der Waals surface area contributed by atoms with Gasteiger partial charge in [0.05, 0.1) is 44.7 Å². The Labute approximate surface area is 263 Å². The van der Waals surface area contributed by atoms with Crippen molar-refractivity contribution in [2.75, 3.05) is 6.54 Å². The molecule has 7 nitrogen and oxygen atoms in total. The average molecular weight is 616 g/mol. The first-order chi connectivity index (χ1) is 21.4. The van der Waals surface area contributed by atoms with Crippen molar-refractivity contribution in [2.24, 2.45) is 5.92 Å². The van der Waals surface area contributed by atoms with Crippen LogP contribution in [0.5, 0.6) is 0 Å². The van der Waals surface area contributed by atoms with Crippen LogP contribution in [0.2, 0.25) is 5.02 Å². The quantitative estimate of drug-likeness (QED) is 0.161. The number of furan rings is 1. The molecule has 0 unspecified atom stereocenters. The number of halogens is 1. The van der Waals surface area contributed by atoms with Crippen LogP contribution in [-0.4, -0.2) is 36.5 Å². The Hall–Kier alpha value is -3.75. The van der Waals surface area contributed by atoms with Crippen LogP contribution in [0, 0.1) is 5.92 Å². The van der Waals surface area contributed by atoms with Crippen molar-refractivity contribution in [3.8, 4) is 0 Å².